The number of likely N-dealkylation sites (N-methyl/N-ethyl adjacent to an activating group) is 1. The number of ether oxygens (including phenoxy) is 1. The predicted octanol–water partition coefficient (Wildman–Crippen LogP) is 3.01. The molecule has 2 heterocycles. The van der Waals surface area contributed by atoms with E-state index in [0.29, 0.717) is 17.2 Å². The van der Waals surface area contributed by atoms with Crippen LogP contribution in [-0.4, -0.2) is 36.3 Å². The Bertz CT molecular complexity index is 444. The number of anilines is 1. The predicted molar refractivity (Wildman–Crippen MR) is 75.9 cm³/mol. The van der Waals surface area contributed by atoms with E-state index in [1.165, 1.54) is 25.7 Å². The zero-order valence-corrected chi connectivity index (χ0v) is 12.1. The normalized spacial score (nSPS) is 23.4. The van der Waals surface area contributed by atoms with Crippen molar-refractivity contribution >= 4 is 17.4 Å². The fraction of sp³-hybridized carbons (Fsp3) is 0.714. The van der Waals surface area contributed by atoms with Gasteiger partial charge in [0.25, 0.3) is 0 Å². The van der Waals surface area contributed by atoms with Crippen LogP contribution in [0.3, 0.4) is 0 Å². The Kier molecular flexibility index (Phi) is 3.89. The Morgan fingerprint density at radius 1 is 1.32 bits per heavy atom. The van der Waals surface area contributed by atoms with E-state index >= 15 is 0 Å². The average molecular weight is 282 g/mol. The molecule has 2 fully saturated rings. The van der Waals surface area contributed by atoms with Crippen LogP contribution in [0.5, 0.6) is 0 Å². The Hall–Kier alpha value is -0.870. The fourth-order valence-corrected chi connectivity index (χ4v) is 2.68. The minimum Gasteiger partial charge on any atom is -0.376 e. The highest BCUT2D eigenvalue weighted by atomic mass is 35.5. The van der Waals surface area contributed by atoms with E-state index in [2.05, 4.69) is 14.9 Å². The number of hydrogen-bond donors (Lipinski definition) is 0. The molecule has 0 N–H and O–H groups in total. The highest BCUT2D eigenvalue weighted by molar-refractivity contribution is 6.29. The van der Waals surface area contributed by atoms with E-state index in [9.17, 15) is 0 Å². The Morgan fingerprint density at radius 3 is 2.84 bits per heavy atom. The molecule has 3 rings (SSSR count). The van der Waals surface area contributed by atoms with E-state index in [1.54, 1.807) is 0 Å². The maximum Gasteiger partial charge on any atom is 0.135 e. The van der Waals surface area contributed by atoms with E-state index in [4.69, 9.17) is 16.3 Å². The van der Waals surface area contributed by atoms with Crippen molar-refractivity contribution < 1.29 is 4.74 Å². The van der Waals surface area contributed by atoms with Crippen LogP contribution in [0, 0.1) is 0 Å². The van der Waals surface area contributed by atoms with Gasteiger partial charge in [-0.1, -0.05) is 11.6 Å². The molecule has 1 saturated heterocycles. The standard InChI is InChI=1S/C14H20ClN3O/c1-18(9-11-4-2-3-7-19-11)13-8-12(15)16-14(17-13)10-5-6-10/h8,10-11H,2-7,9H2,1H3. The number of aromatic nitrogens is 2. The monoisotopic (exact) mass is 281 g/mol. The van der Waals surface area contributed by atoms with E-state index < -0.39 is 0 Å². The zero-order valence-electron chi connectivity index (χ0n) is 11.3. The lowest BCUT2D eigenvalue weighted by atomic mass is 10.1. The second-order valence-corrected chi connectivity index (χ2v) is 5.94. The van der Waals surface area contributed by atoms with Gasteiger partial charge in [0.15, 0.2) is 0 Å². The van der Waals surface area contributed by atoms with Gasteiger partial charge >= 0.3 is 0 Å². The largest absolute Gasteiger partial charge is 0.376 e. The Balaban J connectivity index is 1.69. The molecule has 1 aliphatic carbocycles. The quantitative estimate of drug-likeness (QED) is 0.795. The molecule has 0 spiro atoms. The van der Waals surface area contributed by atoms with Crippen LogP contribution in [-0.2, 0) is 4.74 Å². The number of halogens is 1. The summed E-state index contributed by atoms with van der Waals surface area (Å²) in [6.45, 7) is 1.76. The average Bonchev–Trinajstić information content (AvgIpc) is 3.23. The van der Waals surface area contributed by atoms with Crippen molar-refractivity contribution in [1.82, 2.24) is 9.97 Å². The van der Waals surface area contributed by atoms with Crippen molar-refractivity contribution in [2.24, 2.45) is 0 Å². The van der Waals surface area contributed by atoms with Gasteiger partial charge in [0, 0.05) is 32.2 Å². The van der Waals surface area contributed by atoms with Crippen LogP contribution in [0.25, 0.3) is 0 Å². The molecule has 5 heteroatoms. The topological polar surface area (TPSA) is 38.2 Å². The Labute approximate surface area is 119 Å². The minimum absolute atomic E-state index is 0.317. The van der Waals surface area contributed by atoms with Gasteiger partial charge in [0.05, 0.1) is 6.10 Å². The first-order valence-electron chi connectivity index (χ1n) is 7.09. The molecule has 0 amide bonds. The number of hydrogen-bond acceptors (Lipinski definition) is 4. The summed E-state index contributed by atoms with van der Waals surface area (Å²) >= 11 is 6.10. The zero-order chi connectivity index (χ0) is 13.2. The second kappa shape index (κ2) is 5.63. The summed E-state index contributed by atoms with van der Waals surface area (Å²) in [5, 5.41) is 0.545. The summed E-state index contributed by atoms with van der Waals surface area (Å²) < 4.78 is 5.77. The Morgan fingerprint density at radius 2 is 2.16 bits per heavy atom. The van der Waals surface area contributed by atoms with E-state index in [-0.39, 0.29) is 0 Å². The van der Waals surface area contributed by atoms with Crippen LogP contribution < -0.4 is 4.90 Å². The molecule has 1 aromatic rings. The van der Waals surface area contributed by atoms with Gasteiger partial charge in [0.1, 0.15) is 16.8 Å². The lowest BCUT2D eigenvalue weighted by Gasteiger charge is -2.28. The summed E-state index contributed by atoms with van der Waals surface area (Å²) in [4.78, 5) is 11.1. The molecule has 0 radical (unpaired) electrons. The highest BCUT2D eigenvalue weighted by Gasteiger charge is 2.28. The summed E-state index contributed by atoms with van der Waals surface area (Å²) in [5.74, 6) is 2.34. The van der Waals surface area contributed by atoms with Gasteiger partial charge in [-0.05, 0) is 32.1 Å². The van der Waals surface area contributed by atoms with E-state index in [0.717, 1.165) is 31.2 Å². The summed E-state index contributed by atoms with van der Waals surface area (Å²) in [7, 11) is 2.05. The van der Waals surface area contributed by atoms with Gasteiger partial charge in [-0.3, -0.25) is 0 Å². The molecule has 1 aromatic heterocycles. The highest BCUT2D eigenvalue weighted by Crippen LogP contribution is 2.39. The van der Waals surface area contributed by atoms with Crippen molar-refractivity contribution in [1.29, 1.82) is 0 Å². The molecular formula is C14H20ClN3O. The van der Waals surface area contributed by atoms with Crippen LogP contribution in [0.15, 0.2) is 6.07 Å². The van der Waals surface area contributed by atoms with Crippen LogP contribution in [0.1, 0.15) is 43.8 Å². The summed E-state index contributed by atoms with van der Waals surface area (Å²) in [5.41, 5.74) is 0. The maximum atomic E-state index is 6.10. The lowest BCUT2D eigenvalue weighted by Crippen LogP contribution is -2.33. The van der Waals surface area contributed by atoms with Crippen molar-refractivity contribution in [3.8, 4) is 0 Å². The smallest absolute Gasteiger partial charge is 0.135 e. The molecule has 19 heavy (non-hydrogen) atoms. The first kappa shape index (κ1) is 13.1. The molecule has 0 bridgehead atoms. The molecule has 2 aliphatic rings. The third-order valence-corrected chi connectivity index (χ3v) is 3.98. The molecule has 1 saturated carbocycles. The maximum absolute atomic E-state index is 6.10. The summed E-state index contributed by atoms with van der Waals surface area (Å²) in [6, 6.07) is 1.84. The molecule has 4 nitrogen and oxygen atoms in total. The van der Waals surface area contributed by atoms with Gasteiger partial charge in [0.2, 0.25) is 0 Å². The third-order valence-electron chi connectivity index (χ3n) is 3.78. The SMILES string of the molecule is CN(CC1CCCCO1)c1cc(Cl)nc(C2CC2)n1. The third kappa shape index (κ3) is 3.37. The molecule has 1 unspecified atom stereocenters. The molecule has 0 aromatic carbocycles. The van der Waals surface area contributed by atoms with Crippen LogP contribution >= 0.6 is 11.6 Å². The van der Waals surface area contributed by atoms with Gasteiger partial charge in [-0.15, -0.1) is 0 Å². The van der Waals surface area contributed by atoms with Gasteiger partial charge in [-0.25, -0.2) is 9.97 Å². The van der Waals surface area contributed by atoms with Crippen molar-refractivity contribution in [2.45, 2.75) is 44.1 Å². The van der Waals surface area contributed by atoms with Crippen molar-refractivity contribution in [3.63, 3.8) is 0 Å². The summed E-state index contributed by atoms with van der Waals surface area (Å²) in [6.07, 6.45) is 6.28. The molecule has 1 aliphatic heterocycles. The minimum atomic E-state index is 0.317. The van der Waals surface area contributed by atoms with Crippen molar-refractivity contribution in [2.75, 3.05) is 25.1 Å². The second-order valence-electron chi connectivity index (χ2n) is 5.55. The number of rotatable bonds is 4. The van der Waals surface area contributed by atoms with Crippen molar-refractivity contribution in [3.05, 3.63) is 17.0 Å². The van der Waals surface area contributed by atoms with Crippen LogP contribution in [0.4, 0.5) is 5.82 Å². The number of nitrogens with zero attached hydrogens (tertiary/aromatic N) is 3. The fourth-order valence-electron chi connectivity index (χ4n) is 2.49. The van der Waals surface area contributed by atoms with Gasteiger partial charge in [-0.2, -0.15) is 0 Å². The van der Waals surface area contributed by atoms with Gasteiger partial charge < -0.3 is 9.64 Å². The van der Waals surface area contributed by atoms with E-state index in [1.807, 2.05) is 13.1 Å². The molecule has 1 atom stereocenters. The first-order valence-corrected chi connectivity index (χ1v) is 7.47. The van der Waals surface area contributed by atoms with Crippen LogP contribution in [0.2, 0.25) is 5.15 Å². The first-order chi connectivity index (χ1) is 9.22. The lowest BCUT2D eigenvalue weighted by molar-refractivity contribution is 0.0215. The molecule has 104 valence electrons. The molecular weight excluding hydrogens is 262 g/mol.